The molecule has 1 aromatic rings. The van der Waals surface area contributed by atoms with E-state index in [-0.39, 0.29) is 0 Å². The average molecular weight is 324 g/mol. The Kier molecular flexibility index (Phi) is 6.03. The Labute approximate surface area is 137 Å². The van der Waals surface area contributed by atoms with Gasteiger partial charge in [-0.2, -0.15) is 0 Å². The van der Waals surface area contributed by atoms with Crippen molar-refractivity contribution in [1.82, 2.24) is 15.1 Å². The van der Waals surface area contributed by atoms with Gasteiger partial charge >= 0.3 is 0 Å². The van der Waals surface area contributed by atoms with Gasteiger partial charge in [0.05, 0.1) is 0 Å². The summed E-state index contributed by atoms with van der Waals surface area (Å²) < 4.78 is 0. The molecule has 0 aliphatic carbocycles. The van der Waals surface area contributed by atoms with Gasteiger partial charge < -0.3 is 10.2 Å². The molecule has 0 bridgehead atoms. The second kappa shape index (κ2) is 7.78. The second-order valence-corrected chi connectivity index (χ2v) is 6.33. The summed E-state index contributed by atoms with van der Waals surface area (Å²) in [7, 11) is 0. The SMILES string of the molecule is C=C(C)CNC(=S)N1CCN(Cc2cccc(Cl)c2)CC1. The van der Waals surface area contributed by atoms with E-state index in [0.717, 1.165) is 55.0 Å². The number of nitrogens with one attached hydrogen (secondary N) is 1. The number of piperazine rings is 1. The molecule has 0 radical (unpaired) electrons. The molecule has 1 saturated heterocycles. The molecule has 5 heteroatoms. The monoisotopic (exact) mass is 323 g/mol. The molecule has 0 aromatic heterocycles. The summed E-state index contributed by atoms with van der Waals surface area (Å²) in [6.07, 6.45) is 0. The highest BCUT2D eigenvalue weighted by Crippen LogP contribution is 2.14. The van der Waals surface area contributed by atoms with E-state index in [4.69, 9.17) is 23.8 Å². The lowest BCUT2D eigenvalue weighted by atomic mass is 10.2. The fraction of sp³-hybridized carbons (Fsp3) is 0.438. The fourth-order valence-corrected chi connectivity index (χ4v) is 2.81. The van der Waals surface area contributed by atoms with Crippen molar-refractivity contribution in [3.63, 3.8) is 0 Å². The molecule has 0 spiro atoms. The Morgan fingerprint density at radius 2 is 2.05 bits per heavy atom. The number of hydrogen-bond acceptors (Lipinski definition) is 2. The molecular formula is C16H22ClN3S. The third kappa shape index (κ3) is 5.30. The highest BCUT2D eigenvalue weighted by atomic mass is 35.5. The molecule has 1 N–H and O–H groups in total. The quantitative estimate of drug-likeness (QED) is 0.678. The maximum atomic E-state index is 6.03. The minimum atomic E-state index is 0.752. The highest BCUT2D eigenvalue weighted by Gasteiger charge is 2.18. The van der Waals surface area contributed by atoms with Crippen molar-refractivity contribution >= 4 is 28.9 Å². The maximum absolute atomic E-state index is 6.03. The molecule has 1 heterocycles. The predicted octanol–water partition coefficient (Wildman–Crippen LogP) is 2.91. The minimum Gasteiger partial charge on any atom is -0.359 e. The van der Waals surface area contributed by atoms with E-state index < -0.39 is 0 Å². The van der Waals surface area contributed by atoms with Crippen LogP contribution in [0, 0.1) is 0 Å². The first kappa shape index (κ1) is 16.3. The summed E-state index contributed by atoms with van der Waals surface area (Å²) >= 11 is 11.4. The summed E-state index contributed by atoms with van der Waals surface area (Å²) in [4.78, 5) is 4.66. The van der Waals surface area contributed by atoms with Crippen molar-refractivity contribution in [2.45, 2.75) is 13.5 Å². The van der Waals surface area contributed by atoms with Crippen molar-refractivity contribution < 1.29 is 0 Å². The standard InChI is InChI=1S/C16H22ClN3S/c1-13(2)11-18-16(21)20-8-6-19(7-9-20)12-14-4-3-5-15(17)10-14/h3-5,10H,1,6-9,11-12H2,2H3,(H,18,21). The Balaban J connectivity index is 1.78. The molecule has 114 valence electrons. The van der Waals surface area contributed by atoms with Crippen LogP contribution in [0.1, 0.15) is 12.5 Å². The first-order valence-corrected chi connectivity index (χ1v) is 7.97. The van der Waals surface area contributed by atoms with Crippen LogP contribution in [0.5, 0.6) is 0 Å². The highest BCUT2D eigenvalue weighted by molar-refractivity contribution is 7.80. The molecule has 0 atom stereocenters. The van der Waals surface area contributed by atoms with Gasteiger partial charge in [-0.3, -0.25) is 4.90 Å². The van der Waals surface area contributed by atoms with E-state index in [9.17, 15) is 0 Å². The second-order valence-electron chi connectivity index (χ2n) is 5.51. The molecular weight excluding hydrogens is 302 g/mol. The van der Waals surface area contributed by atoms with E-state index in [1.54, 1.807) is 0 Å². The van der Waals surface area contributed by atoms with Gasteiger partial charge in [0.2, 0.25) is 0 Å². The topological polar surface area (TPSA) is 18.5 Å². The van der Waals surface area contributed by atoms with E-state index in [0.29, 0.717) is 0 Å². The van der Waals surface area contributed by atoms with Crippen LogP contribution in [0.25, 0.3) is 0 Å². The Morgan fingerprint density at radius 1 is 1.33 bits per heavy atom. The van der Waals surface area contributed by atoms with Crippen molar-refractivity contribution in [2.75, 3.05) is 32.7 Å². The lowest BCUT2D eigenvalue weighted by Gasteiger charge is -2.36. The summed E-state index contributed by atoms with van der Waals surface area (Å²) in [5.74, 6) is 0. The Morgan fingerprint density at radius 3 is 2.67 bits per heavy atom. The lowest BCUT2D eigenvalue weighted by molar-refractivity contribution is 0.174. The van der Waals surface area contributed by atoms with Crippen LogP contribution in [-0.2, 0) is 6.54 Å². The van der Waals surface area contributed by atoms with Gasteiger partial charge in [-0.05, 0) is 36.8 Å². The maximum Gasteiger partial charge on any atom is 0.169 e. The zero-order valence-corrected chi connectivity index (χ0v) is 14.0. The normalized spacial score (nSPS) is 15.8. The minimum absolute atomic E-state index is 0.752. The third-order valence-corrected chi connectivity index (χ3v) is 4.13. The van der Waals surface area contributed by atoms with Crippen molar-refractivity contribution in [3.8, 4) is 0 Å². The van der Waals surface area contributed by atoms with Crippen molar-refractivity contribution in [2.24, 2.45) is 0 Å². The van der Waals surface area contributed by atoms with Crippen LogP contribution in [-0.4, -0.2) is 47.6 Å². The Bertz CT molecular complexity index is 510. The zero-order valence-electron chi connectivity index (χ0n) is 12.4. The number of thiocarbonyl (C=S) groups is 1. The average Bonchev–Trinajstić information content (AvgIpc) is 2.45. The van der Waals surface area contributed by atoms with Crippen LogP contribution in [0.15, 0.2) is 36.4 Å². The van der Waals surface area contributed by atoms with E-state index in [1.807, 2.05) is 25.1 Å². The van der Waals surface area contributed by atoms with Crippen LogP contribution in [0.4, 0.5) is 0 Å². The fourth-order valence-electron chi connectivity index (χ4n) is 2.34. The predicted molar refractivity (Wildman–Crippen MR) is 93.7 cm³/mol. The number of halogens is 1. The molecule has 3 nitrogen and oxygen atoms in total. The molecule has 0 saturated carbocycles. The first-order chi connectivity index (χ1) is 10.0. The van der Waals surface area contributed by atoms with Gasteiger partial charge in [0, 0.05) is 44.3 Å². The van der Waals surface area contributed by atoms with Crippen molar-refractivity contribution in [3.05, 3.63) is 47.0 Å². The molecule has 2 rings (SSSR count). The zero-order chi connectivity index (χ0) is 15.2. The van der Waals surface area contributed by atoms with Gasteiger partial charge in [0.1, 0.15) is 0 Å². The molecule has 1 aliphatic heterocycles. The number of nitrogens with zero attached hydrogens (tertiary/aromatic N) is 2. The smallest absolute Gasteiger partial charge is 0.169 e. The van der Waals surface area contributed by atoms with E-state index in [1.165, 1.54) is 5.56 Å². The number of benzene rings is 1. The summed E-state index contributed by atoms with van der Waals surface area (Å²) in [6, 6.07) is 8.07. The lowest BCUT2D eigenvalue weighted by Crippen LogP contribution is -2.51. The number of rotatable bonds is 4. The van der Waals surface area contributed by atoms with Crippen LogP contribution >= 0.6 is 23.8 Å². The summed E-state index contributed by atoms with van der Waals surface area (Å²) in [6.45, 7) is 11.5. The molecule has 1 aromatic carbocycles. The van der Waals surface area contributed by atoms with Gasteiger partial charge in [-0.15, -0.1) is 0 Å². The van der Waals surface area contributed by atoms with E-state index in [2.05, 4.69) is 27.8 Å². The van der Waals surface area contributed by atoms with Gasteiger partial charge in [-0.25, -0.2) is 0 Å². The van der Waals surface area contributed by atoms with Crippen LogP contribution < -0.4 is 5.32 Å². The summed E-state index contributed by atoms with van der Waals surface area (Å²) in [5, 5.41) is 4.88. The van der Waals surface area contributed by atoms with Crippen LogP contribution in [0.3, 0.4) is 0 Å². The number of hydrogen-bond donors (Lipinski definition) is 1. The largest absolute Gasteiger partial charge is 0.359 e. The molecule has 0 amide bonds. The first-order valence-electron chi connectivity index (χ1n) is 7.18. The summed E-state index contributed by atoms with van der Waals surface area (Å²) in [5.41, 5.74) is 2.36. The van der Waals surface area contributed by atoms with E-state index >= 15 is 0 Å². The van der Waals surface area contributed by atoms with Crippen LogP contribution in [0.2, 0.25) is 5.02 Å². The van der Waals surface area contributed by atoms with Gasteiger partial charge in [-0.1, -0.05) is 35.9 Å². The third-order valence-electron chi connectivity index (χ3n) is 3.50. The Hall–Kier alpha value is -1.10. The molecule has 0 unspecified atom stereocenters. The molecule has 21 heavy (non-hydrogen) atoms. The van der Waals surface area contributed by atoms with Gasteiger partial charge in [0.15, 0.2) is 5.11 Å². The molecule has 1 aliphatic rings. The van der Waals surface area contributed by atoms with Crippen molar-refractivity contribution in [1.29, 1.82) is 0 Å². The molecule has 1 fully saturated rings. The van der Waals surface area contributed by atoms with Gasteiger partial charge in [0.25, 0.3) is 0 Å².